The van der Waals surface area contributed by atoms with Crippen LogP contribution in [0.3, 0.4) is 0 Å². The minimum absolute atomic E-state index is 0.132. The largest absolute Gasteiger partial charge is 0.329 e. The maximum atomic E-state index is 12.3. The second kappa shape index (κ2) is 3.81. The molecule has 1 aromatic carbocycles. The van der Waals surface area contributed by atoms with Gasteiger partial charge in [0, 0.05) is 6.54 Å². The second-order valence-corrected chi connectivity index (χ2v) is 4.88. The molecule has 1 saturated carbocycles. The third-order valence-electron chi connectivity index (χ3n) is 3.77. The van der Waals surface area contributed by atoms with Crippen molar-refractivity contribution in [2.24, 2.45) is 5.73 Å². The van der Waals surface area contributed by atoms with E-state index in [1.165, 1.54) is 4.90 Å². The lowest BCUT2D eigenvalue weighted by Crippen LogP contribution is -2.52. The Morgan fingerprint density at radius 3 is 2.67 bits per heavy atom. The molecule has 3 rings (SSSR count). The van der Waals surface area contributed by atoms with Crippen molar-refractivity contribution in [2.75, 3.05) is 4.90 Å². The molecule has 0 aromatic heterocycles. The first kappa shape index (κ1) is 11.2. The summed E-state index contributed by atoms with van der Waals surface area (Å²) in [5.41, 5.74) is 6.45. The van der Waals surface area contributed by atoms with E-state index < -0.39 is 5.54 Å². The van der Waals surface area contributed by atoms with Crippen molar-refractivity contribution >= 4 is 17.6 Å². The van der Waals surface area contributed by atoms with Gasteiger partial charge in [0.1, 0.15) is 5.54 Å². The summed E-state index contributed by atoms with van der Waals surface area (Å²) in [7, 11) is 0. The molecule has 1 heterocycles. The Labute approximate surface area is 105 Å². The van der Waals surface area contributed by atoms with E-state index >= 15 is 0 Å². The molecule has 3 N–H and O–H groups in total. The number of carbonyl (C=O) groups is 2. The van der Waals surface area contributed by atoms with Crippen LogP contribution < -0.4 is 16.0 Å². The number of imide groups is 1. The standard InChI is InChI=1S/C13H15N3O2/c14-8-9-3-1-4-10(7-9)16-11(17)13(5-2-6-13)15-12(16)18/h1,3-4,7H,2,5-6,8,14H2,(H,15,18). The van der Waals surface area contributed by atoms with E-state index in [4.69, 9.17) is 5.73 Å². The molecular weight excluding hydrogens is 230 g/mol. The Hall–Kier alpha value is -1.88. The molecule has 5 heteroatoms. The summed E-state index contributed by atoms with van der Waals surface area (Å²) in [6, 6.07) is 6.91. The summed E-state index contributed by atoms with van der Waals surface area (Å²) in [5, 5.41) is 2.81. The number of rotatable bonds is 2. The third kappa shape index (κ3) is 1.44. The topological polar surface area (TPSA) is 75.4 Å². The van der Waals surface area contributed by atoms with E-state index in [-0.39, 0.29) is 11.9 Å². The Morgan fingerprint density at radius 2 is 2.11 bits per heavy atom. The second-order valence-electron chi connectivity index (χ2n) is 4.88. The van der Waals surface area contributed by atoms with Gasteiger partial charge < -0.3 is 11.1 Å². The van der Waals surface area contributed by atoms with Crippen LogP contribution in [0.2, 0.25) is 0 Å². The van der Waals surface area contributed by atoms with Gasteiger partial charge in [-0.25, -0.2) is 9.69 Å². The Morgan fingerprint density at radius 1 is 1.33 bits per heavy atom. The minimum atomic E-state index is -0.629. The van der Waals surface area contributed by atoms with E-state index in [0.29, 0.717) is 12.2 Å². The van der Waals surface area contributed by atoms with Crippen molar-refractivity contribution in [3.8, 4) is 0 Å². The van der Waals surface area contributed by atoms with Gasteiger partial charge in [0.15, 0.2) is 0 Å². The molecule has 2 fully saturated rings. The quantitative estimate of drug-likeness (QED) is 0.767. The van der Waals surface area contributed by atoms with Gasteiger partial charge in [0.2, 0.25) is 0 Å². The van der Waals surface area contributed by atoms with Gasteiger partial charge in [0.05, 0.1) is 5.69 Å². The summed E-state index contributed by atoms with van der Waals surface area (Å²) < 4.78 is 0. The van der Waals surface area contributed by atoms with E-state index in [1.54, 1.807) is 12.1 Å². The first-order chi connectivity index (χ1) is 8.66. The smallest absolute Gasteiger partial charge is 0.326 e. The lowest BCUT2D eigenvalue weighted by Gasteiger charge is -2.34. The van der Waals surface area contributed by atoms with Crippen LogP contribution in [-0.4, -0.2) is 17.5 Å². The van der Waals surface area contributed by atoms with Gasteiger partial charge in [-0.1, -0.05) is 12.1 Å². The molecule has 1 aliphatic heterocycles. The maximum absolute atomic E-state index is 12.3. The van der Waals surface area contributed by atoms with Crippen LogP contribution in [0.25, 0.3) is 0 Å². The van der Waals surface area contributed by atoms with E-state index in [9.17, 15) is 9.59 Å². The van der Waals surface area contributed by atoms with Crippen molar-refractivity contribution < 1.29 is 9.59 Å². The van der Waals surface area contributed by atoms with Crippen molar-refractivity contribution in [2.45, 2.75) is 31.3 Å². The van der Waals surface area contributed by atoms with Crippen LogP contribution >= 0.6 is 0 Å². The maximum Gasteiger partial charge on any atom is 0.329 e. The molecule has 94 valence electrons. The highest BCUT2D eigenvalue weighted by molar-refractivity contribution is 6.23. The summed E-state index contributed by atoms with van der Waals surface area (Å²) in [5.74, 6) is -0.132. The number of anilines is 1. The van der Waals surface area contributed by atoms with Crippen LogP contribution in [0, 0.1) is 0 Å². The molecular formula is C13H15N3O2. The summed E-state index contributed by atoms with van der Waals surface area (Å²) >= 11 is 0. The fraction of sp³-hybridized carbons (Fsp3) is 0.385. The van der Waals surface area contributed by atoms with Crippen molar-refractivity contribution in [1.82, 2.24) is 5.32 Å². The molecule has 1 aromatic rings. The fourth-order valence-electron chi connectivity index (χ4n) is 2.55. The minimum Gasteiger partial charge on any atom is -0.326 e. The Balaban J connectivity index is 1.96. The van der Waals surface area contributed by atoms with E-state index in [2.05, 4.69) is 5.32 Å². The highest BCUT2D eigenvalue weighted by Crippen LogP contribution is 2.38. The first-order valence-electron chi connectivity index (χ1n) is 6.12. The van der Waals surface area contributed by atoms with Gasteiger partial charge in [-0.3, -0.25) is 4.79 Å². The van der Waals surface area contributed by atoms with E-state index in [0.717, 1.165) is 24.8 Å². The lowest BCUT2D eigenvalue weighted by atomic mass is 9.77. The van der Waals surface area contributed by atoms with Gasteiger partial charge in [-0.2, -0.15) is 0 Å². The number of urea groups is 1. The molecule has 0 bridgehead atoms. The highest BCUT2D eigenvalue weighted by atomic mass is 16.2. The molecule has 0 unspecified atom stereocenters. The number of amides is 3. The van der Waals surface area contributed by atoms with Gasteiger partial charge >= 0.3 is 6.03 Å². The zero-order valence-electron chi connectivity index (χ0n) is 9.98. The van der Waals surface area contributed by atoms with Crippen LogP contribution in [0.1, 0.15) is 24.8 Å². The van der Waals surface area contributed by atoms with Crippen LogP contribution in [0.5, 0.6) is 0 Å². The predicted octanol–water partition coefficient (Wildman–Crippen LogP) is 1.12. The predicted molar refractivity (Wildman–Crippen MR) is 66.9 cm³/mol. The molecule has 0 atom stereocenters. The average Bonchev–Trinajstić information content (AvgIpc) is 2.61. The molecule has 1 spiro atoms. The first-order valence-corrected chi connectivity index (χ1v) is 6.12. The number of benzene rings is 1. The molecule has 2 aliphatic rings. The van der Waals surface area contributed by atoms with Gasteiger partial charge in [0.25, 0.3) is 5.91 Å². The number of nitrogens with one attached hydrogen (secondary N) is 1. The Bertz CT molecular complexity index is 523. The van der Waals surface area contributed by atoms with Crippen LogP contribution in [-0.2, 0) is 11.3 Å². The van der Waals surface area contributed by atoms with Crippen molar-refractivity contribution in [1.29, 1.82) is 0 Å². The number of carbonyl (C=O) groups excluding carboxylic acids is 2. The van der Waals surface area contributed by atoms with Crippen LogP contribution in [0.15, 0.2) is 24.3 Å². The molecule has 1 saturated heterocycles. The summed E-state index contributed by atoms with van der Waals surface area (Å²) in [4.78, 5) is 25.5. The molecule has 1 aliphatic carbocycles. The summed E-state index contributed by atoms with van der Waals surface area (Å²) in [6.45, 7) is 0.392. The zero-order valence-corrected chi connectivity index (χ0v) is 9.98. The van der Waals surface area contributed by atoms with Gasteiger partial charge in [-0.05, 0) is 37.0 Å². The zero-order chi connectivity index (χ0) is 12.8. The van der Waals surface area contributed by atoms with E-state index in [1.807, 2.05) is 12.1 Å². The van der Waals surface area contributed by atoms with Crippen molar-refractivity contribution in [3.05, 3.63) is 29.8 Å². The Kier molecular flexibility index (Phi) is 2.38. The molecule has 3 amide bonds. The number of nitrogens with two attached hydrogens (primary N) is 1. The third-order valence-corrected chi connectivity index (χ3v) is 3.77. The fourth-order valence-corrected chi connectivity index (χ4v) is 2.55. The molecule has 18 heavy (non-hydrogen) atoms. The normalized spacial score (nSPS) is 21.1. The molecule has 0 radical (unpaired) electrons. The number of hydrogen-bond acceptors (Lipinski definition) is 3. The number of hydrogen-bond donors (Lipinski definition) is 2. The van der Waals surface area contributed by atoms with Gasteiger partial charge in [-0.15, -0.1) is 0 Å². The monoisotopic (exact) mass is 245 g/mol. The summed E-state index contributed by atoms with van der Waals surface area (Å²) in [6.07, 6.45) is 2.47. The van der Waals surface area contributed by atoms with Crippen molar-refractivity contribution in [3.63, 3.8) is 0 Å². The number of nitrogens with zero attached hydrogens (tertiary/aromatic N) is 1. The lowest BCUT2D eigenvalue weighted by molar-refractivity contribution is -0.124. The molecule has 5 nitrogen and oxygen atoms in total. The average molecular weight is 245 g/mol. The van der Waals surface area contributed by atoms with Crippen LogP contribution in [0.4, 0.5) is 10.5 Å². The SMILES string of the molecule is NCc1cccc(N2C(=O)NC3(CCC3)C2=O)c1. The highest BCUT2D eigenvalue weighted by Gasteiger charge is 2.55.